The molecule has 2 aromatic carbocycles. The first-order chi connectivity index (χ1) is 16.9. The molecule has 0 aliphatic carbocycles. The van der Waals surface area contributed by atoms with Crippen molar-refractivity contribution < 1.29 is 19.1 Å². The lowest BCUT2D eigenvalue weighted by Crippen LogP contribution is -2.43. The summed E-state index contributed by atoms with van der Waals surface area (Å²) in [6.45, 7) is 3.48. The van der Waals surface area contributed by atoms with Crippen LogP contribution in [0.1, 0.15) is 41.4 Å². The molecule has 35 heavy (non-hydrogen) atoms. The van der Waals surface area contributed by atoms with Gasteiger partial charge in [0, 0.05) is 43.7 Å². The molecule has 0 aliphatic rings. The van der Waals surface area contributed by atoms with E-state index in [1.54, 1.807) is 37.3 Å². The molecule has 0 atom stereocenters. The van der Waals surface area contributed by atoms with Crippen molar-refractivity contribution in [1.29, 1.82) is 0 Å². The predicted octanol–water partition coefficient (Wildman–Crippen LogP) is 4.51. The Hall–Kier alpha value is -3.74. The summed E-state index contributed by atoms with van der Waals surface area (Å²) in [5.74, 6) is 0.740. The number of amides is 2. The molecule has 0 saturated carbocycles. The fourth-order valence-corrected chi connectivity index (χ4v) is 3.87. The Morgan fingerprint density at radius 1 is 0.886 bits per heavy atom. The number of methoxy groups -OCH3 is 2. The van der Waals surface area contributed by atoms with Crippen LogP contribution in [0.2, 0.25) is 0 Å². The molecule has 3 rings (SSSR count). The highest BCUT2D eigenvalue weighted by Crippen LogP contribution is 2.24. The average molecular weight is 478 g/mol. The summed E-state index contributed by atoms with van der Waals surface area (Å²) >= 11 is 0. The van der Waals surface area contributed by atoms with E-state index in [2.05, 4.69) is 6.92 Å². The third-order valence-corrected chi connectivity index (χ3v) is 5.97. The second-order valence-corrected chi connectivity index (χ2v) is 8.53. The van der Waals surface area contributed by atoms with Crippen LogP contribution in [-0.2, 0) is 24.9 Å². The zero-order valence-electron chi connectivity index (χ0n) is 21.1. The molecule has 0 saturated heterocycles. The molecule has 0 bridgehead atoms. The minimum Gasteiger partial charge on any atom is -0.497 e. The second kappa shape index (κ2) is 12.6. The largest absolute Gasteiger partial charge is 0.497 e. The van der Waals surface area contributed by atoms with Gasteiger partial charge in [-0.25, -0.2) is 0 Å². The van der Waals surface area contributed by atoms with E-state index in [4.69, 9.17) is 9.47 Å². The summed E-state index contributed by atoms with van der Waals surface area (Å²) in [5, 5.41) is 0. The first-order valence-corrected chi connectivity index (χ1v) is 11.9. The normalized spacial score (nSPS) is 10.6. The lowest BCUT2D eigenvalue weighted by molar-refractivity contribution is -0.133. The lowest BCUT2D eigenvalue weighted by atomic mass is 10.1. The van der Waals surface area contributed by atoms with E-state index in [1.807, 2.05) is 65.2 Å². The van der Waals surface area contributed by atoms with Crippen LogP contribution in [-0.4, -0.2) is 53.5 Å². The molecular formula is C28H35N3O4. The van der Waals surface area contributed by atoms with Crippen LogP contribution in [0.5, 0.6) is 11.5 Å². The maximum Gasteiger partial charge on any atom is 0.254 e. The SMILES string of the molecule is CCCCN(CC(=O)N(Cc1ccccc1)Cc1cccn1C)C(=O)c1cc(OC)cc(OC)c1. The molecule has 0 radical (unpaired) electrons. The maximum atomic E-state index is 13.6. The average Bonchev–Trinajstić information content (AvgIpc) is 3.29. The van der Waals surface area contributed by atoms with E-state index in [-0.39, 0.29) is 18.4 Å². The highest BCUT2D eigenvalue weighted by atomic mass is 16.5. The molecule has 1 heterocycles. The van der Waals surface area contributed by atoms with Gasteiger partial charge in [0.05, 0.1) is 20.8 Å². The summed E-state index contributed by atoms with van der Waals surface area (Å²) in [6.07, 6.45) is 3.68. The Morgan fingerprint density at radius 2 is 1.57 bits per heavy atom. The first kappa shape index (κ1) is 25.9. The van der Waals surface area contributed by atoms with Gasteiger partial charge in [0.15, 0.2) is 0 Å². The Balaban J connectivity index is 1.85. The standard InChI is InChI=1S/C28H35N3O4/c1-5-6-15-30(28(33)23-16-25(34-3)18-26(17-23)35-4)21-27(32)31(19-22-11-8-7-9-12-22)20-24-13-10-14-29(24)2/h7-14,16-18H,5-6,15,19-21H2,1-4H3. The molecule has 0 N–H and O–H groups in total. The Kier molecular flexibility index (Phi) is 9.35. The number of unbranched alkanes of at least 4 members (excludes halogenated alkanes) is 1. The van der Waals surface area contributed by atoms with Crippen molar-refractivity contribution in [3.63, 3.8) is 0 Å². The smallest absolute Gasteiger partial charge is 0.254 e. The lowest BCUT2D eigenvalue weighted by Gasteiger charge is -2.28. The molecule has 7 nitrogen and oxygen atoms in total. The maximum absolute atomic E-state index is 13.6. The quantitative estimate of drug-likeness (QED) is 0.385. The number of aromatic nitrogens is 1. The van der Waals surface area contributed by atoms with Crippen LogP contribution in [0.3, 0.4) is 0 Å². The van der Waals surface area contributed by atoms with Crippen LogP contribution in [0.15, 0.2) is 66.9 Å². The summed E-state index contributed by atoms with van der Waals surface area (Å²) in [6, 6.07) is 19.0. The first-order valence-electron chi connectivity index (χ1n) is 11.9. The van der Waals surface area contributed by atoms with Crippen LogP contribution >= 0.6 is 0 Å². The van der Waals surface area contributed by atoms with Gasteiger partial charge in [0.1, 0.15) is 18.0 Å². The van der Waals surface area contributed by atoms with Gasteiger partial charge in [-0.05, 0) is 36.2 Å². The zero-order chi connectivity index (χ0) is 25.2. The Bertz CT molecular complexity index is 1090. The van der Waals surface area contributed by atoms with Crippen LogP contribution in [0.4, 0.5) is 0 Å². The van der Waals surface area contributed by atoms with Gasteiger partial charge in [-0.2, -0.15) is 0 Å². The number of rotatable bonds is 12. The molecule has 7 heteroatoms. The van der Waals surface area contributed by atoms with E-state index in [0.717, 1.165) is 24.1 Å². The third-order valence-electron chi connectivity index (χ3n) is 5.97. The number of hydrogen-bond acceptors (Lipinski definition) is 4. The fourth-order valence-electron chi connectivity index (χ4n) is 3.87. The Labute approximate surface area is 207 Å². The Morgan fingerprint density at radius 3 is 2.14 bits per heavy atom. The molecule has 0 aliphatic heterocycles. The van der Waals surface area contributed by atoms with E-state index >= 15 is 0 Å². The van der Waals surface area contributed by atoms with E-state index in [0.29, 0.717) is 36.7 Å². The van der Waals surface area contributed by atoms with Gasteiger partial charge >= 0.3 is 0 Å². The van der Waals surface area contributed by atoms with E-state index in [1.165, 1.54) is 0 Å². The molecule has 0 unspecified atom stereocenters. The van der Waals surface area contributed by atoms with E-state index < -0.39 is 0 Å². The predicted molar refractivity (Wildman–Crippen MR) is 136 cm³/mol. The highest BCUT2D eigenvalue weighted by molar-refractivity contribution is 5.97. The van der Waals surface area contributed by atoms with Crippen LogP contribution in [0, 0.1) is 0 Å². The van der Waals surface area contributed by atoms with Gasteiger partial charge in [0.25, 0.3) is 5.91 Å². The second-order valence-electron chi connectivity index (χ2n) is 8.53. The fraction of sp³-hybridized carbons (Fsp3) is 0.357. The molecule has 1 aromatic heterocycles. The summed E-state index contributed by atoms with van der Waals surface area (Å²) < 4.78 is 12.7. The number of ether oxygens (including phenoxy) is 2. The van der Waals surface area contributed by atoms with Crippen molar-refractivity contribution in [1.82, 2.24) is 14.4 Å². The van der Waals surface area contributed by atoms with Gasteiger partial charge in [-0.15, -0.1) is 0 Å². The van der Waals surface area contributed by atoms with Crippen molar-refractivity contribution in [2.45, 2.75) is 32.9 Å². The molecule has 3 aromatic rings. The summed E-state index contributed by atoms with van der Waals surface area (Å²) in [7, 11) is 5.06. The molecule has 186 valence electrons. The number of nitrogens with zero attached hydrogens (tertiary/aromatic N) is 3. The minimum atomic E-state index is -0.220. The topological polar surface area (TPSA) is 64.0 Å². The van der Waals surface area contributed by atoms with Crippen molar-refractivity contribution in [2.24, 2.45) is 7.05 Å². The molecule has 2 amide bonds. The monoisotopic (exact) mass is 477 g/mol. The van der Waals surface area contributed by atoms with Crippen molar-refractivity contribution in [2.75, 3.05) is 27.3 Å². The van der Waals surface area contributed by atoms with Gasteiger partial charge in [-0.1, -0.05) is 43.7 Å². The van der Waals surface area contributed by atoms with Crippen LogP contribution < -0.4 is 9.47 Å². The number of carbonyl (C=O) groups excluding carboxylic acids is 2. The number of benzene rings is 2. The van der Waals surface area contributed by atoms with Crippen molar-refractivity contribution in [3.8, 4) is 11.5 Å². The number of aryl methyl sites for hydroxylation is 1. The van der Waals surface area contributed by atoms with Gasteiger partial charge < -0.3 is 23.8 Å². The summed E-state index contributed by atoms with van der Waals surface area (Å²) in [5.41, 5.74) is 2.50. The molecule has 0 fully saturated rings. The number of hydrogen-bond donors (Lipinski definition) is 0. The van der Waals surface area contributed by atoms with E-state index in [9.17, 15) is 9.59 Å². The molecule has 0 spiro atoms. The van der Waals surface area contributed by atoms with Crippen molar-refractivity contribution >= 4 is 11.8 Å². The van der Waals surface area contributed by atoms with Crippen molar-refractivity contribution in [3.05, 3.63) is 83.7 Å². The van der Waals surface area contributed by atoms with Gasteiger partial charge in [0.2, 0.25) is 5.91 Å². The van der Waals surface area contributed by atoms with Crippen LogP contribution in [0.25, 0.3) is 0 Å². The molecular weight excluding hydrogens is 442 g/mol. The van der Waals surface area contributed by atoms with Gasteiger partial charge in [-0.3, -0.25) is 9.59 Å². The third kappa shape index (κ3) is 7.12. The summed E-state index contributed by atoms with van der Waals surface area (Å²) in [4.78, 5) is 30.6. The zero-order valence-corrected chi connectivity index (χ0v) is 21.1. The minimum absolute atomic E-state index is 0.00435. The highest BCUT2D eigenvalue weighted by Gasteiger charge is 2.24. The number of carbonyl (C=O) groups is 2.